The first-order valence-corrected chi connectivity index (χ1v) is 7.88. The highest BCUT2D eigenvalue weighted by Crippen LogP contribution is 2.20. The van der Waals surface area contributed by atoms with Crippen molar-refractivity contribution in [1.82, 2.24) is 20.1 Å². The van der Waals surface area contributed by atoms with E-state index < -0.39 is 0 Å². The Kier molecular flexibility index (Phi) is 4.58. The van der Waals surface area contributed by atoms with E-state index in [0.29, 0.717) is 12.2 Å². The molecular weight excluding hydrogens is 312 g/mol. The van der Waals surface area contributed by atoms with Crippen LogP contribution in [0.15, 0.2) is 59.0 Å². The van der Waals surface area contributed by atoms with Crippen molar-refractivity contribution in [2.24, 2.45) is 0 Å². The third kappa shape index (κ3) is 3.89. The first-order valence-electron chi connectivity index (χ1n) is 7.00. The maximum atomic E-state index is 12.0. The van der Waals surface area contributed by atoms with Gasteiger partial charge < -0.3 is 5.32 Å². The number of pyridine rings is 1. The number of thiophene rings is 1. The van der Waals surface area contributed by atoms with Gasteiger partial charge in [-0.2, -0.15) is 5.10 Å². The van der Waals surface area contributed by atoms with Gasteiger partial charge in [0.25, 0.3) is 5.56 Å². The molecule has 3 aromatic heterocycles. The van der Waals surface area contributed by atoms with Gasteiger partial charge in [0.05, 0.1) is 4.88 Å². The standard InChI is InChI=1S/C16H14N4O2S/c21-15(18-10-12-3-1-7-17-9-12)11-20-16(22)6-5-13(19-20)14-4-2-8-23-14/h1-9H,10-11H2,(H,18,21). The SMILES string of the molecule is O=C(Cn1nc(-c2cccs2)ccc1=O)NCc1cccnc1. The predicted octanol–water partition coefficient (Wildman–Crippen LogP) is 1.68. The van der Waals surface area contributed by atoms with E-state index in [-0.39, 0.29) is 18.0 Å². The summed E-state index contributed by atoms with van der Waals surface area (Å²) in [7, 11) is 0. The molecule has 0 radical (unpaired) electrons. The lowest BCUT2D eigenvalue weighted by atomic mass is 10.3. The van der Waals surface area contributed by atoms with Crippen LogP contribution in [0.5, 0.6) is 0 Å². The summed E-state index contributed by atoms with van der Waals surface area (Å²) in [4.78, 5) is 28.8. The molecule has 1 amide bonds. The topological polar surface area (TPSA) is 76.9 Å². The number of aromatic nitrogens is 3. The quantitative estimate of drug-likeness (QED) is 0.774. The van der Waals surface area contributed by atoms with Crippen molar-refractivity contribution in [1.29, 1.82) is 0 Å². The zero-order chi connectivity index (χ0) is 16.1. The van der Waals surface area contributed by atoms with Gasteiger partial charge in [-0.1, -0.05) is 12.1 Å². The minimum atomic E-state index is -0.304. The highest BCUT2D eigenvalue weighted by molar-refractivity contribution is 7.13. The van der Waals surface area contributed by atoms with Gasteiger partial charge in [-0.3, -0.25) is 14.6 Å². The summed E-state index contributed by atoms with van der Waals surface area (Å²) < 4.78 is 1.17. The molecule has 23 heavy (non-hydrogen) atoms. The monoisotopic (exact) mass is 326 g/mol. The number of hydrogen-bond donors (Lipinski definition) is 1. The van der Waals surface area contributed by atoms with Gasteiger partial charge >= 0.3 is 0 Å². The molecule has 0 saturated carbocycles. The van der Waals surface area contributed by atoms with Crippen LogP contribution in [0.25, 0.3) is 10.6 Å². The molecule has 0 unspecified atom stereocenters. The zero-order valence-corrected chi connectivity index (χ0v) is 13.0. The smallest absolute Gasteiger partial charge is 0.267 e. The molecule has 0 bridgehead atoms. The Morgan fingerprint density at radius 2 is 2.13 bits per heavy atom. The fourth-order valence-corrected chi connectivity index (χ4v) is 2.70. The number of nitrogens with zero attached hydrogens (tertiary/aromatic N) is 3. The molecule has 3 heterocycles. The number of carbonyl (C=O) groups excluding carboxylic acids is 1. The number of amides is 1. The average molecular weight is 326 g/mol. The maximum Gasteiger partial charge on any atom is 0.267 e. The van der Waals surface area contributed by atoms with Gasteiger partial charge in [-0.05, 0) is 29.1 Å². The van der Waals surface area contributed by atoms with Crippen LogP contribution >= 0.6 is 11.3 Å². The molecule has 3 rings (SSSR count). The van der Waals surface area contributed by atoms with E-state index in [1.54, 1.807) is 24.5 Å². The first kappa shape index (κ1) is 15.1. The lowest BCUT2D eigenvalue weighted by Crippen LogP contribution is -2.33. The van der Waals surface area contributed by atoms with Gasteiger partial charge in [-0.25, -0.2) is 4.68 Å². The fraction of sp³-hybridized carbons (Fsp3) is 0.125. The van der Waals surface area contributed by atoms with Gasteiger partial charge in [0, 0.05) is 25.0 Å². The summed E-state index contributed by atoms with van der Waals surface area (Å²) in [6, 6.07) is 10.6. The maximum absolute atomic E-state index is 12.0. The Bertz CT molecular complexity index is 844. The summed E-state index contributed by atoms with van der Waals surface area (Å²) in [5.74, 6) is -0.271. The third-order valence-electron chi connectivity index (χ3n) is 3.15. The summed E-state index contributed by atoms with van der Waals surface area (Å²) >= 11 is 1.53. The molecular formula is C16H14N4O2S. The van der Waals surface area contributed by atoms with E-state index in [1.807, 2.05) is 23.6 Å². The summed E-state index contributed by atoms with van der Waals surface area (Å²) in [5.41, 5.74) is 1.27. The van der Waals surface area contributed by atoms with E-state index in [2.05, 4.69) is 15.4 Å². The molecule has 3 aromatic rings. The van der Waals surface area contributed by atoms with E-state index >= 15 is 0 Å². The van der Waals surface area contributed by atoms with Crippen LogP contribution in [0.2, 0.25) is 0 Å². The van der Waals surface area contributed by atoms with E-state index in [1.165, 1.54) is 22.1 Å². The van der Waals surface area contributed by atoms with Crippen molar-refractivity contribution >= 4 is 17.2 Å². The third-order valence-corrected chi connectivity index (χ3v) is 4.04. The first-order chi connectivity index (χ1) is 11.2. The second-order valence-corrected chi connectivity index (χ2v) is 5.78. The zero-order valence-electron chi connectivity index (χ0n) is 12.2. The number of hydrogen-bond acceptors (Lipinski definition) is 5. The number of carbonyl (C=O) groups is 1. The van der Waals surface area contributed by atoms with Crippen molar-refractivity contribution in [3.63, 3.8) is 0 Å². The highest BCUT2D eigenvalue weighted by Gasteiger charge is 2.08. The number of rotatable bonds is 5. The van der Waals surface area contributed by atoms with Gasteiger partial charge in [0.2, 0.25) is 5.91 Å². The van der Waals surface area contributed by atoms with Crippen LogP contribution < -0.4 is 10.9 Å². The van der Waals surface area contributed by atoms with Crippen LogP contribution in [-0.4, -0.2) is 20.7 Å². The van der Waals surface area contributed by atoms with Crippen LogP contribution in [-0.2, 0) is 17.9 Å². The van der Waals surface area contributed by atoms with Crippen molar-refractivity contribution in [3.8, 4) is 10.6 Å². The molecule has 0 atom stereocenters. The normalized spacial score (nSPS) is 10.4. The minimum absolute atomic E-state index is 0.113. The summed E-state index contributed by atoms with van der Waals surface area (Å²) in [6.07, 6.45) is 3.35. The molecule has 1 N–H and O–H groups in total. The van der Waals surface area contributed by atoms with Gasteiger partial charge in [0.1, 0.15) is 12.2 Å². The molecule has 0 aliphatic carbocycles. The van der Waals surface area contributed by atoms with E-state index in [4.69, 9.17) is 0 Å². The Labute approximate surface area is 136 Å². The Hall–Kier alpha value is -2.80. The number of nitrogens with one attached hydrogen (secondary N) is 1. The molecule has 6 nitrogen and oxygen atoms in total. The predicted molar refractivity (Wildman–Crippen MR) is 87.9 cm³/mol. The van der Waals surface area contributed by atoms with E-state index in [0.717, 1.165) is 10.4 Å². The van der Waals surface area contributed by atoms with Crippen LogP contribution in [0, 0.1) is 0 Å². The molecule has 0 spiro atoms. The molecule has 0 aromatic carbocycles. The van der Waals surface area contributed by atoms with Gasteiger partial charge in [-0.15, -0.1) is 11.3 Å². The second-order valence-electron chi connectivity index (χ2n) is 4.83. The van der Waals surface area contributed by atoms with Crippen LogP contribution in [0.3, 0.4) is 0 Å². The second kappa shape index (κ2) is 6.97. The largest absolute Gasteiger partial charge is 0.350 e. The molecule has 116 valence electrons. The van der Waals surface area contributed by atoms with Gasteiger partial charge in [0.15, 0.2) is 0 Å². The lowest BCUT2D eigenvalue weighted by molar-refractivity contribution is -0.122. The van der Waals surface area contributed by atoms with Crippen molar-refractivity contribution in [2.75, 3.05) is 0 Å². The van der Waals surface area contributed by atoms with Crippen molar-refractivity contribution in [3.05, 3.63) is 70.1 Å². The molecule has 0 fully saturated rings. The lowest BCUT2D eigenvalue weighted by Gasteiger charge is -2.07. The Balaban J connectivity index is 1.68. The van der Waals surface area contributed by atoms with Crippen molar-refractivity contribution in [2.45, 2.75) is 13.1 Å². The molecule has 0 saturated heterocycles. The van der Waals surface area contributed by atoms with Crippen LogP contribution in [0.4, 0.5) is 0 Å². The van der Waals surface area contributed by atoms with Crippen molar-refractivity contribution < 1.29 is 4.79 Å². The summed E-state index contributed by atoms with van der Waals surface area (Å²) in [6.45, 7) is 0.254. The molecule has 0 aliphatic rings. The minimum Gasteiger partial charge on any atom is -0.350 e. The fourth-order valence-electron chi connectivity index (χ4n) is 2.01. The molecule has 0 aliphatic heterocycles. The van der Waals surface area contributed by atoms with Crippen LogP contribution in [0.1, 0.15) is 5.56 Å². The summed E-state index contributed by atoms with van der Waals surface area (Å²) in [5, 5.41) is 8.94. The average Bonchev–Trinajstić information content (AvgIpc) is 3.10. The Morgan fingerprint density at radius 1 is 1.22 bits per heavy atom. The molecule has 7 heteroatoms. The van der Waals surface area contributed by atoms with E-state index in [9.17, 15) is 9.59 Å². The highest BCUT2D eigenvalue weighted by atomic mass is 32.1. The Morgan fingerprint density at radius 3 is 2.87 bits per heavy atom.